The first-order valence-electron chi connectivity index (χ1n) is 11.9. The van der Waals surface area contributed by atoms with Crippen LogP contribution in [0, 0.1) is 6.92 Å². The number of carbonyl (C=O) groups excluding carboxylic acids is 1. The molecule has 0 saturated carbocycles. The zero-order chi connectivity index (χ0) is 24.0. The maximum atomic E-state index is 13.9. The molecule has 0 aliphatic carbocycles. The number of imidazole rings is 1. The van der Waals surface area contributed by atoms with E-state index in [0.29, 0.717) is 38.4 Å². The SMILES string of the molecule is Cc1cccc(CN2CCc3ncn(COCc4ccccc4)c3/C(=C/c3ccccc3)C2=O)c1. The number of ether oxygens (including phenoxy) is 1. The lowest BCUT2D eigenvalue weighted by Gasteiger charge is -2.22. The van der Waals surface area contributed by atoms with E-state index in [9.17, 15) is 4.79 Å². The fraction of sp³-hybridized carbons (Fsp3) is 0.200. The predicted octanol–water partition coefficient (Wildman–Crippen LogP) is 5.49. The molecule has 1 amide bonds. The van der Waals surface area contributed by atoms with Crippen molar-refractivity contribution in [1.82, 2.24) is 14.5 Å². The van der Waals surface area contributed by atoms with Crippen LogP contribution in [0.15, 0.2) is 91.3 Å². The fourth-order valence-corrected chi connectivity index (χ4v) is 4.49. The first-order valence-corrected chi connectivity index (χ1v) is 11.9. The molecular formula is C30H29N3O2. The molecule has 1 aliphatic rings. The Morgan fingerprint density at radius 1 is 0.943 bits per heavy atom. The van der Waals surface area contributed by atoms with Crippen LogP contribution in [-0.4, -0.2) is 26.9 Å². The smallest absolute Gasteiger partial charge is 0.256 e. The highest BCUT2D eigenvalue weighted by Crippen LogP contribution is 2.29. The molecule has 0 atom stereocenters. The van der Waals surface area contributed by atoms with Gasteiger partial charge in [-0.2, -0.15) is 0 Å². The second kappa shape index (κ2) is 10.5. The molecule has 1 aliphatic heterocycles. The van der Waals surface area contributed by atoms with E-state index in [1.807, 2.05) is 82.3 Å². The van der Waals surface area contributed by atoms with Gasteiger partial charge in [-0.3, -0.25) is 4.79 Å². The highest BCUT2D eigenvalue weighted by Gasteiger charge is 2.29. The van der Waals surface area contributed by atoms with E-state index in [1.165, 1.54) is 5.56 Å². The monoisotopic (exact) mass is 463 g/mol. The Morgan fingerprint density at radius 2 is 1.69 bits per heavy atom. The Kier molecular flexibility index (Phi) is 6.87. The third kappa shape index (κ3) is 5.42. The Morgan fingerprint density at radius 3 is 2.46 bits per heavy atom. The number of amides is 1. The van der Waals surface area contributed by atoms with Crippen molar-refractivity contribution in [1.29, 1.82) is 0 Å². The minimum Gasteiger partial charge on any atom is -0.356 e. The summed E-state index contributed by atoms with van der Waals surface area (Å²) in [7, 11) is 0. The Balaban J connectivity index is 1.45. The maximum absolute atomic E-state index is 13.9. The van der Waals surface area contributed by atoms with Crippen molar-refractivity contribution in [3.05, 3.63) is 125 Å². The zero-order valence-corrected chi connectivity index (χ0v) is 19.9. The summed E-state index contributed by atoms with van der Waals surface area (Å²) in [6.45, 7) is 4.09. The van der Waals surface area contributed by atoms with Gasteiger partial charge in [0.25, 0.3) is 5.91 Å². The van der Waals surface area contributed by atoms with E-state index >= 15 is 0 Å². The number of hydrogen-bond donors (Lipinski definition) is 0. The Hall–Kier alpha value is -3.96. The first kappa shape index (κ1) is 22.8. The van der Waals surface area contributed by atoms with Gasteiger partial charge in [0.2, 0.25) is 0 Å². The van der Waals surface area contributed by atoms with Crippen LogP contribution in [0.2, 0.25) is 0 Å². The molecule has 35 heavy (non-hydrogen) atoms. The molecule has 1 aromatic heterocycles. The van der Waals surface area contributed by atoms with Crippen molar-refractivity contribution in [2.75, 3.05) is 6.54 Å². The van der Waals surface area contributed by atoms with Crippen LogP contribution in [-0.2, 0) is 35.8 Å². The van der Waals surface area contributed by atoms with Crippen LogP contribution in [0.1, 0.15) is 33.6 Å². The molecule has 0 unspecified atom stereocenters. The van der Waals surface area contributed by atoms with Crippen LogP contribution in [0.5, 0.6) is 0 Å². The number of benzene rings is 3. The number of aryl methyl sites for hydroxylation is 1. The average Bonchev–Trinajstić information content (AvgIpc) is 3.23. The molecule has 3 aromatic carbocycles. The average molecular weight is 464 g/mol. The summed E-state index contributed by atoms with van der Waals surface area (Å²) >= 11 is 0. The molecule has 5 heteroatoms. The zero-order valence-electron chi connectivity index (χ0n) is 19.9. The topological polar surface area (TPSA) is 47.4 Å². The minimum absolute atomic E-state index is 0.0129. The summed E-state index contributed by atoms with van der Waals surface area (Å²) in [5, 5.41) is 0. The lowest BCUT2D eigenvalue weighted by molar-refractivity contribution is -0.125. The second-order valence-electron chi connectivity index (χ2n) is 8.91. The molecule has 0 spiro atoms. The van der Waals surface area contributed by atoms with Gasteiger partial charge < -0.3 is 14.2 Å². The highest BCUT2D eigenvalue weighted by molar-refractivity contribution is 6.24. The molecule has 5 nitrogen and oxygen atoms in total. The van der Waals surface area contributed by atoms with Crippen molar-refractivity contribution in [3.8, 4) is 0 Å². The molecule has 0 fully saturated rings. The molecular weight excluding hydrogens is 434 g/mol. The van der Waals surface area contributed by atoms with Gasteiger partial charge in [-0.05, 0) is 29.7 Å². The largest absolute Gasteiger partial charge is 0.356 e. The van der Waals surface area contributed by atoms with Gasteiger partial charge in [0, 0.05) is 19.5 Å². The molecule has 0 radical (unpaired) electrons. The summed E-state index contributed by atoms with van der Waals surface area (Å²) in [4.78, 5) is 20.5. The molecule has 4 aromatic rings. The van der Waals surface area contributed by atoms with Crippen LogP contribution in [0.25, 0.3) is 11.6 Å². The van der Waals surface area contributed by atoms with E-state index in [2.05, 4.69) is 30.1 Å². The van der Waals surface area contributed by atoms with Crippen molar-refractivity contribution in [2.45, 2.75) is 33.2 Å². The number of carbonyl (C=O) groups is 1. The summed E-state index contributed by atoms with van der Waals surface area (Å²) in [6, 6.07) is 28.4. The first-order chi connectivity index (χ1) is 17.2. The van der Waals surface area contributed by atoms with E-state index < -0.39 is 0 Å². The summed E-state index contributed by atoms with van der Waals surface area (Å²) in [5.74, 6) is 0.0129. The van der Waals surface area contributed by atoms with Gasteiger partial charge in [0.15, 0.2) is 0 Å². The predicted molar refractivity (Wildman–Crippen MR) is 138 cm³/mol. The van der Waals surface area contributed by atoms with E-state index in [-0.39, 0.29) is 5.91 Å². The summed E-state index contributed by atoms with van der Waals surface area (Å²) in [5.41, 5.74) is 6.84. The van der Waals surface area contributed by atoms with Crippen molar-refractivity contribution >= 4 is 17.6 Å². The molecule has 176 valence electrons. The molecule has 5 rings (SSSR count). The van der Waals surface area contributed by atoms with Gasteiger partial charge in [-0.15, -0.1) is 0 Å². The second-order valence-corrected chi connectivity index (χ2v) is 8.91. The Bertz CT molecular complexity index is 1330. The van der Waals surface area contributed by atoms with Crippen molar-refractivity contribution in [3.63, 3.8) is 0 Å². The fourth-order valence-electron chi connectivity index (χ4n) is 4.49. The lowest BCUT2D eigenvalue weighted by atomic mass is 10.0. The van der Waals surface area contributed by atoms with Crippen LogP contribution < -0.4 is 0 Å². The molecule has 2 heterocycles. The molecule has 0 bridgehead atoms. The van der Waals surface area contributed by atoms with Gasteiger partial charge >= 0.3 is 0 Å². The third-order valence-electron chi connectivity index (χ3n) is 6.21. The maximum Gasteiger partial charge on any atom is 0.256 e. The lowest BCUT2D eigenvalue weighted by Crippen LogP contribution is -2.31. The van der Waals surface area contributed by atoms with Crippen LogP contribution >= 0.6 is 0 Å². The van der Waals surface area contributed by atoms with Crippen molar-refractivity contribution < 1.29 is 9.53 Å². The van der Waals surface area contributed by atoms with Crippen LogP contribution in [0.4, 0.5) is 0 Å². The number of rotatable bonds is 7. The van der Waals surface area contributed by atoms with Gasteiger partial charge in [-0.1, -0.05) is 90.5 Å². The third-order valence-corrected chi connectivity index (χ3v) is 6.21. The quantitative estimate of drug-likeness (QED) is 0.341. The number of nitrogens with zero attached hydrogens (tertiary/aromatic N) is 3. The molecule has 0 saturated heterocycles. The molecule has 0 N–H and O–H groups in total. The van der Waals surface area contributed by atoms with Gasteiger partial charge in [0.1, 0.15) is 6.73 Å². The van der Waals surface area contributed by atoms with E-state index in [4.69, 9.17) is 4.74 Å². The van der Waals surface area contributed by atoms with E-state index in [0.717, 1.165) is 28.1 Å². The normalized spacial score (nSPS) is 14.7. The number of aromatic nitrogens is 2. The number of hydrogen-bond acceptors (Lipinski definition) is 3. The minimum atomic E-state index is 0.0129. The Labute approximate surface area is 206 Å². The van der Waals surface area contributed by atoms with E-state index in [1.54, 1.807) is 6.33 Å². The summed E-state index contributed by atoms with van der Waals surface area (Å²) < 4.78 is 7.97. The summed E-state index contributed by atoms with van der Waals surface area (Å²) in [6.07, 6.45) is 4.47. The van der Waals surface area contributed by atoms with Crippen molar-refractivity contribution in [2.24, 2.45) is 0 Å². The van der Waals surface area contributed by atoms with Gasteiger partial charge in [0.05, 0.1) is 29.9 Å². The van der Waals surface area contributed by atoms with Gasteiger partial charge in [-0.25, -0.2) is 4.98 Å². The van der Waals surface area contributed by atoms with Crippen LogP contribution in [0.3, 0.4) is 0 Å². The number of fused-ring (bicyclic) bond motifs is 1. The highest BCUT2D eigenvalue weighted by atomic mass is 16.5. The standard InChI is InChI=1S/C30H29N3O2/c1-23-9-8-14-26(17-23)19-32-16-15-28-29(27(30(32)34)18-24-10-4-2-5-11-24)33(21-31-28)22-35-20-25-12-6-3-7-13-25/h2-14,17-18,21H,15-16,19-20,22H2,1H3/b27-18-.